The lowest BCUT2D eigenvalue weighted by atomic mass is 10.1. The fourth-order valence-corrected chi connectivity index (χ4v) is 2.58. The maximum atomic E-state index is 11.2. The van der Waals surface area contributed by atoms with Crippen LogP contribution in [0.3, 0.4) is 0 Å². The van der Waals surface area contributed by atoms with Gasteiger partial charge in [-0.25, -0.2) is 0 Å². The molecule has 0 fully saturated rings. The van der Waals surface area contributed by atoms with E-state index in [0.29, 0.717) is 12.1 Å². The minimum absolute atomic E-state index is 0.410. The lowest BCUT2D eigenvalue weighted by molar-refractivity contribution is 0.1000. The van der Waals surface area contributed by atoms with E-state index in [4.69, 9.17) is 17.3 Å². The van der Waals surface area contributed by atoms with Crippen molar-refractivity contribution >= 4 is 28.4 Å². The van der Waals surface area contributed by atoms with Crippen LogP contribution in [0.4, 0.5) is 0 Å². The average Bonchev–Trinajstić information content (AvgIpc) is 2.84. The fourth-order valence-electron chi connectivity index (χ4n) is 2.34. The van der Waals surface area contributed by atoms with Crippen molar-refractivity contribution in [1.29, 1.82) is 0 Å². The van der Waals surface area contributed by atoms with Gasteiger partial charge in [0.1, 0.15) is 0 Å². The third-order valence-electron chi connectivity index (χ3n) is 3.32. The topological polar surface area (TPSA) is 48.0 Å². The average molecular weight is 285 g/mol. The largest absolute Gasteiger partial charge is 0.366 e. The lowest BCUT2D eigenvalue weighted by Gasteiger charge is -2.07. The van der Waals surface area contributed by atoms with Crippen LogP contribution in [0.1, 0.15) is 15.9 Å². The van der Waals surface area contributed by atoms with Crippen molar-refractivity contribution in [2.75, 3.05) is 0 Å². The molecule has 0 atom stereocenters. The number of nitrogens with zero attached hydrogens (tertiary/aromatic N) is 1. The Bertz CT molecular complexity index is 792. The number of rotatable bonds is 3. The maximum absolute atomic E-state index is 11.2. The number of carbonyl (C=O) groups excluding carboxylic acids is 1. The molecule has 1 aromatic heterocycles. The third-order valence-corrected chi connectivity index (χ3v) is 3.65. The summed E-state index contributed by atoms with van der Waals surface area (Å²) in [6.45, 7) is 0.672. The van der Waals surface area contributed by atoms with Gasteiger partial charge < -0.3 is 10.3 Å². The van der Waals surface area contributed by atoms with Crippen LogP contribution in [-0.2, 0) is 6.54 Å². The smallest absolute Gasteiger partial charge is 0.248 e. The monoisotopic (exact) mass is 284 g/mol. The fraction of sp³-hybridized carbons (Fsp3) is 0.0625. The van der Waals surface area contributed by atoms with Crippen molar-refractivity contribution in [2.45, 2.75) is 6.54 Å². The molecule has 0 aliphatic rings. The second-order valence-corrected chi connectivity index (χ2v) is 5.09. The summed E-state index contributed by atoms with van der Waals surface area (Å²) in [6.07, 6.45) is 1.99. The van der Waals surface area contributed by atoms with Gasteiger partial charge in [0.25, 0.3) is 0 Å². The highest BCUT2D eigenvalue weighted by Crippen LogP contribution is 2.24. The van der Waals surface area contributed by atoms with E-state index in [2.05, 4.69) is 4.57 Å². The summed E-state index contributed by atoms with van der Waals surface area (Å²) in [5.41, 5.74) is 7.93. The Hall–Kier alpha value is -2.26. The van der Waals surface area contributed by atoms with Crippen LogP contribution in [0.2, 0.25) is 5.02 Å². The standard InChI is InChI=1S/C16H13ClN2O/c17-14-5-2-6-15-13(14)7-8-19(15)10-11-3-1-4-12(9-11)16(18)20/h1-9H,10H2,(H2,18,20). The highest BCUT2D eigenvalue weighted by atomic mass is 35.5. The molecule has 0 aliphatic carbocycles. The molecule has 4 heteroatoms. The summed E-state index contributed by atoms with van der Waals surface area (Å²) in [4.78, 5) is 11.2. The second-order valence-electron chi connectivity index (χ2n) is 4.68. The van der Waals surface area contributed by atoms with E-state index >= 15 is 0 Å². The molecular formula is C16H13ClN2O. The van der Waals surface area contributed by atoms with Crippen molar-refractivity contribution in [1.82, 2.24) is 4.57 Å². The Morgan fingerprint density at radius 3 is 2.75 bits per heavy atom. The molecule has 0 saturated carbocycles. The summed E-state index contributed by atoms with van der Waals surface area (Å²) in [7, 11) is 0. The molecule has 1 amide bonds. The zero-order valence-corrected chi connectivity index (χ0v) is 11.5. The van der Waals surface area contributed by atoms with E-state index in [9.17, 15) is 4.79 Å². The molecule has 0 spiro atoms. The minimum Gasteiger partial charge on any atom is -0.366 e. The van der Waals surface area contributed by atoms with E-state index < -0.39 is 5.91 Å². The number of aromatic nitrogens is 1. The number of amides is 1. The number of hydrogen-bond donors (Lipinski definition) is 1. The Kier molecular flexibility index (Phi) is 3.20. The summed E-state index contributed by atoms with van der Waals surface area (Å²) < 4.78 is 2.10. The normalized spacial score (nSPS) is 10.8. The molecule has 2 aromatic carbocycles. The first kappa shape index (κ1) is 12.8. The SMILES string of the molecule is NC(=O)c1cccc(Cn2ccc3c(Cl)cccc32)c1. The number of nitrogens with two attached hydrogens (primary N) is 1. The first-order valence-electron chi connectivity index (χ1n) is 6.27. The highest BCUT2D eigenvalue weighted by Gasteiger charge is 2.06. The van der Waals surface area contributed by atoms with Crippen LogP contribution in [0.25, 0.3) is 10.9 Å². The molecular weight excluding hydrogens is 272 g/mol. The maximum Gasteiger partial charge on any atom is 0.248 e. The predicted molar refractivity (Wildman–Crippen MR) is 81.0 cm³/mol. The third kappa shape index (κ3) is 2.28. The number of primary amides is 1. The molecule has 100 valence electrons. The number of hydrogen-bond acceptors (Lipinski definition) is 1. The molecule has 20 heavy (non-hydrogen) atoms. The molecule has 1 heterocycles. The zero-order chi connectivity index (χ0) is 14.1. The van der Waals surface area contributed by atoms with E-state index in [-0.39, 0.29) is 0 Å². The van der Waals surface area contributed by atoms with Gasteiger partial charge in [0.05, 0.1) is 0 Å². The van der Waals surface area contributed by atoms with E-state index in [0.717, 1.165) is 21.5 Å². The number of fused-ring (bicyclic) bond motifs is 1. The number of benzene rings is 2. The summed E-state index contributed by atoms with van der Waals surface area (Å²) >= 11 is 6.17. The number of carbonyl (C=O) groups is 1. The second kappa shape index (κ2) is 5.02. The predicted octanol–water partition coefficient (Wildman–Crippen LogP) is 3.44. The van der Waals surface area contributed by atoms with Gasteiger partial charge in [-0.05, 0) is 35.9 Å². The molecule has 3 nitrogen and oxygen atoms in total. The van der Waals surface area contributed by atoms with Gasteiger partial charge in [0.2, 0.25) is 5.91 Å². The Balaban J connectivity index is 1.99. The Labute approximate surface area is 121 Å². The van der Waals surface area contributed by atoms with Crippen LogP contribution in [0, 0.1) is 0 Å². The molecule has 0 saturated heterocycles. The summed E-state index contributed by atoms with van der Waals surface area (Å²) in [5, 5.41) is 1.77. The van der Waals surface area contributed by atoms with Crippen LogP contribution in [0.5, 0.6) is 0 Å². The Morgan fingerprint density at radius 2 is 1.95 bits per heavy atom. The van der Waals surface area contributed by atoms with E-state index in [1.165, 1.54) is 0 Å². The first-order valence-corrected chi connectivity index (χ1v) is 6.65. The van der Waals surface area contributed by atoms with Crippen molar-refractivity contribution in [3.05, 3.63) is 70.9 Å². The quantitative estimate of drug-likeness (QED) is 0.787. The van der Waals surface area contributed by atoms with Gasteiger partial charge in [0, 0.05) is 34.2 Å². The van der Waals surface area contributed by atoms with Gasteiger partial charge in [-0.3, -0.25) is 4.79 Å². The van der Waals surface area contributed by atoms with Crippen LogP contribution >= 0.6 is 11.6 Å². The lowest BCUT2D eigenvalue weighted by Crippen LogP contribution is -2.11. The van der Waals surface area contributed by atoms with Crippen molar-refractivity contribution in [3.8, 4) is 0 Å². The van der Waals surface area contributed by atoms with Gasteiger partial charge >= 0.3 is 0 Å². The first-order chi connectivity index (χ1) is 9.65. The molecule has 3 rings (SSSR count). The molecule has 0 bridgehead atoms. The summed E-state index contributed by atoms with van der Waals surface area (Å²) in [6, 6.07) is 15.2. The molecule has 0 radical (unpaired) electrons. The van der Waals surface area contributed by atoms with Crippen LogP contribution in [-0.4, -0.2) is 10.5 Å². The van der Waals surface area contributed by atoms with Crippen molar-refractivity contribution in [2.24, 2.45) is 5.73 Å². The zero-order valence-electron chi connectivity index (χ0n) is 10.7. The van der Waals surface area contributed by atoms with E-state index in [1.807, 2.05) is 48.7 Å². The summed E-state index contributed by atoms with van der Waals surface area (Å²) in [5.74, 6) is -0.410. The molecule has 0 unspecified atom stereocenters. The van der Waals surface area contributed by atoms with Gasteiger partial charge in [0.15, 0.2) is 0 Å². The van der Waals surface area contributed by atoms with Gasteiger partial charge in [-0.2, -0.15) is 0 Å². The van der Waals surface area contributed by atoms with Crippen molar-refractivity contribution in [3.63, 3.8) is 0 Å². The van der Waals surface area contributed by atoms with E-state index in [1.54, 1.807) is 6.07 Å². The minimum atomic E-state index is -0.410. The number of halogens is 1. The molecule has 2 N–H and O–H groups in total. The Morgan fingerprint density at radius 1 is 1.15 bits per heavy atom. The molecule has 3 aromatic rings. The van der Waals surface area contributed by atoms with Crippen LogP contribution in [0.15, 0.2) is 54.7 Å². The van der Waals surface area contributed by atoms with Gasteiger partial charge in [-0.1, -0.05) is 29.8 Å². The van der Waals surface area contributed by atoms with Crippen LogP contribution < -0.4 is 5.73 Å². The highest BCUT2D eigenvalue weighted by molar-refractivity contribution is 6.35. The van der Waals surface area contributed by atoms with Crippen molar-refractivity contribution < 1.29 is 4.79 Å². The molecule has 0 aliphatic heterocycles. The van der Waals surface area contributed by atoms with Gasteiger partial charge in [-0.15, -0.1) is 0 Å².